The second-order valence-corrected chi connectivity index (χ2v) is 7.06. The van der Waals surface area contributed by atoms with Crippen molar-refractivity contribution in [3.05, 3.63) is 22.4 Å². The third-order valence-electron chi connectivity index (χ3n) is 4.00. The maximum Gasteiger partial charge on any atom is 0.305 e. The first-order valence-electron chi connectivity index (χ1n) is 8.61. The van der Waals surface area contributed by atoms with E-state index in [1.165, 1.54) is 5.56 Å². The molecule has 1 fully saturated rings. The third kappa shape index (κ3) is 6.75. The van der Waals surface area contributed by atoms with Gasteiger partial charge in [-0.2, -0.15) is 11.3 Å². The Balaban J connectivity index is 1.65. The molecule has 0 aromatic carbocycles. The molecule has 2 heterocycles. The number of nitrogens with zero attached hydrogens (tertiary/aromatic N) is 2. The lowest BCUT2D eigenvalue weighted by Gasteiger charge is -2.24. The molecule has 0 aliphatic carbocycles. The van der Waals surface area contributed by atoms with Gasteiger partial charge in [0, 0.05) is 45.7 Å². The number of hydrogen-bond acceptors (Lipinski definition) is 5. The van der Waals surface area contributed by atoms with Gasteiger partial charge in [0.05, 0.1) is 6.61 Å². The zero-order valence-electron chi connectivity index (χ0n) is 14.3. The molecule has 134 valence electrons. The molecule has 1 aliphatic rings. The normalized spacial score (nSPS) is 15.8. The van der Waals surface area contributed by atoms with Crippen LogP contribution in [0.1, 0.15) is 31.7 Å². The fourth-order valence-electron chi connectivity index (χ4n) is 2.75. The van der Waals surface area contributed by atoms with Crippen molar-refractivity contribution in [2.75, 3.05) is 39.3 Å². The molecule has 0 amide bonds. The van der Waals surface area contributed by atoms with E-state index in [1.54, 1.807) is 11.3 Å². The average molecular weight is 370 g/mol. The summed E-state index contributed by atoms with van der Waals surface area (Å²) in [5, 5.41) is 8.43. The number of ether oxygens (including phenoxy) is 1. The zero-order chi connectivity index (χ0) is 17.2. The van der Waals surface area contributed by atoms with Crippen molar-refractivity contribution < 1.29 is 9.53 Å². The van der Waals surface area contributed by atoms with Crippen LogP contribution in [-0.4, -0.2) is 60.2 Å². The largest absolute Gasteiger partial charge is 0.466 e. The van der Waals surface area contributed by atoms with Crippen LogP contribution in [-0.2, 0) is 16.1 Å². The van der Waals surface area contributed by atoms with E-state index < -0.39 is 0 Å². The number of esters is 1. The van der Waals surface area contributed by atoms with Crippen molar-refractivity contribution in [3.8, 4) is 0 Å². The van der Waals surface area contributed by atoms with Crippen LogP contribution in [0.4, 0.5) is 0 Å². The summed E-state index contributed by atoms with van der Waals surface area (Å²) in [6.07, 6.45) is 2.31. The van der Waals surface area contributed by atoms with Crippen LogP contribution >= 0.6 is 23.6 Å². The van der Waals surface area contributed by atoms with Crippen LogP contribution in [0, 0.1) is 0 Å². The highest BCUT2D eigenvalue weighted by atomic mass is 32.1. The van der Waals surface area contributed by atoms with Gasteiger partial charge in [-0.1, -0.05) is 0 Å². The quantitative estimate of drug-likeness (QED) is 0.453. The van der Waals surface area contributed by atoms with Gasteiger partial charge in [0.1, 0.15) is 0 Å². The fraction of sp³-hybridized carbons (Fsp3) is 0.647. The highest BCUT2D eigenvalue weighted by Gasteiger charge is 2.17. The highest BCUT2D eigenvalue weighted by molar-refractivity contribution is 7.80. The van der Waals surface area contributed by atoms with E-state index in [9.17, 15) is 4.79 Å². The molecular formula is C17H27N3O2S2. The summed E-state index contributed by atoms with van der Waals surface area (Å²) in [4.78, 5) is 16.0. The molecule has 2 rings (SSSR count). The summed E-state index contributed by atoms with van der Waals surface area (Å²) in [5.41, 5.74) is 1.40. The second-order valence-electron chi connectivity index (χ2n) is 5.89. The molecule has 1 saturated heterocycles. The molecule has 7 heteroatoms. The summed E-state index contributed by atoms with van der Waals surface area (Å²) in [6.45, 7) is 8.09. The van der Waals surface area contributed by atoms with Crippen molar-refractivity contribution >= 4 is 34.6 Å². The third-order valence-corrected chi connectivity index (χ3v) is 5.14. The Hall–Kier alpha value is -1.18. The van der Waals surface area contributed by atoms with Gasteiger partial charge >= 0.3 is 5.97 Å². The van der Waals surface area contributed by atoms with Gasteiger partial charge < -0.3 is 15.0 Å². The molecule has 0 radical (unpaired) electrons. The molecule has 1 aliphatic heterocycles. The number of carbonyl (C=O) groups excluding carboxylic acids is 1. The first kappa shape index (κ1) is 19.1. The van der Waals surface area contributed by atoms with Crippen LogP contribution in [0.5, 0.6) is 0 Å². The Bertz CT molecular complexity index is 508. The van der Waals surface area contributed by atoms with E-state index >= 15 is 0 Å². The molecule has 5 nitrogen and oxygen atoms in total. The molecule has 0 atom stereocenters. The highest BCUT2D eigenvalue weighted by Crippen LogP contribution is 2.12. The molecule has 1 N–H and O–H groups in total. The predicted molar refractivity (Wildman–Crippen MR) is 102 cm³/mol. The Morgan fingerprint density at radius 2 is 2.25 bits per heavy atom. The van der Waals surface area contributed by atoms with Crippen LogP contribution in [0.3, 0.4) is 0 Å². The summed E-state index contributed by atoms with van der Waals surface area (Å²) >= 11 is 7.25. The van der Waals surface area contributed by atoms with Gasteiger partial charge in [0.2, 0.25) is 0 Å². The number of thiocarbonyl (C=S) groups is 1. The number of nitrogens with one attached hydrogen (secondary N) is 1. The second kappa shape index (κ2) is 10.6. The van der Waals surface area contributed by atoms with Gasteiger partial charge in [0.15, 0.2) is 5.11 Å². The van der Waals surface area contributed by atoms with E-state index in [0.29, 0.717) is 19.6 Å². The average Bonchev–Trinajstić information content (AvgIpc) is 2.96. The zero-order valence-corrected chi connectivity index (χ0v) is 16.0. The number of hydrogen-bond donors (Lipinski definition) is 1. The molecule has 0 spiro atoms. The van der Waals surface area contributed by atoms with Gasteiger partial charge in [0.25, 0.3) is 0 Å². The minimum absolute atomic E-state index is 0.135. The minimum atomic E-state index is -0.135. The smallest absolute Gasteiger partial charge is 0.305 e. The maximum absolute atomic E-state index is 11.3. The van der Waals surface area contributed by atoms with E-state index in [1.807, 2.05) is 6.92 Å². The number of thiophene rings is 1. The van der Waals surface area contributed by atoms with Crippen LogP contribution in [0.2, 0.25) is 0 Å². The number of rotatable bonds is 7. The first-order chi connectivity index (χ1) is 11.7. The first-order valence-corrected chi connectivity index (χ1v) is 9.96. The van der Waals surface area contributed by atoms with Crippen molar-refractivity contribution in [1.82, 2.24) is 15.1 Å². The van der Waals surface area contributed by atoms with E-state index in [2.05, 4.69) is 31.9 Å². The van der Waals surface area contributed by atoms with Crippen LogP contribution in [0.15, 0.2) is 16.8 Å². The van der Waals surface area contributed by atoms with Gasteiger partial charge in [-0.25, -0.2) is 0 Å². The van der Waals surface area contributed by atoms with Gasteiger partial charge in [-0.05, 0) is 54.4 Å². The monoisotopic (exact) mass is 369 g/mol. The van der Waals surface area contributed by atoms with Crippen molar-refractivity contribution in [2.24, 2.45) is 0 Å². The Labute approximate surface area is 154 Å². The molecule has 1 aromatic rings. The molecule has 0 bridgehead atoms. The summed E-state index contributed by atoms with van der Waals surface area (Å²) < 4.78 is 4.92. The summed E-state index contributed by atoms with van der Waals surface area (Å²) in [7, 11) is 0. The lowest BCUT2D eigenvalue weighted by atomic mass is 10.3. The van der Waals surface area contributed by atoms with Crippen molar-refractivity contribution in [2.45, 2.75) is 32.7 Å². The molecule has 0 saturated carbocycles. The lowest BCUT2D eigenvalue weighted by molar-refractivity contribution is -0.143. The van der Waals surface area contributed by atoms with Gasteiger partial charge in [-0.3, -0.25) is 9.69 Å². The minimum Gasteiger partial charge on any atom is -0.466 e. The summed E-state index contributed by atoms with van der Waals surface area (Å²) in [5.74, 6) is -0.135. The molecule has 24 heavy (non-hydrogen) atoms. The Kier molecular flexibility index (Phi) is 8.49. The fourth-order valence-corrected chi connectivity index (χ4v) is 3.69. The Morgan fingerprint density at radius 1 is 1.38 bits per heavy atom. The Morgan fingerprint density at radius 3 is 3.00 bits per heavy atom. The van der Waals surface area contributed by atoms with Crippen molar-refractivity contribution in [3.63, 3.8) is 0 Å². The standard InChI is InChI=1S/C17H27N3O2S2/c1-2-22-16(21)5-3-7-18-17(23)20-9-4-8-19(10-11-20)13-15-6-12-24-14-15/h6,12,14H,2-5,7-11,13H2,1H3,(H,18,23). The topological polar surface area (TPSA) is 44.8 Å². The van der Waals surface area contributed by atoms with E-state index in [-0.39, 0.29) is 5.97 Å². The SMILES string of the molecule is CCOC(=O)CCCNC(=S)N1CCCN(Cc2ccsc2)CC1. The van der Waals surface area contributed by atoms with Crippen LogP contribution < -0.4 is 5.32 Å². The van der Waals surface area contributed by atoms with E-state index in [0.717, 1.165) is 50.7 Å². The molecular weight excluding hydrogens is 342 g/mol. The predicted octanol–water partition coefficient (Wildman–Crippen LogP) is 2.47. The number of carbonyl (C=O) groups is 1. The van der Waals surface area contributed by atoms with Crippen molar-refractivity contribution in [1.29, 1.82) is 0 Å². The molecule has 0 unspecified atom stereocenters. The van der Waals surface area contributed by atoms with Gasteiger partial charge in [-0.15, -0.1) is 0 Å². The lowest BCUT2D eigenvalue weighted by Crippen LogP contribution is -2.42. The summed E-state index contributed by atoms with van der Waals surface area (Å²) in [6, 6.07) is 2.20. The maximum atomic E-state index is 11.3. The van der Waals surface area contributed by atoms with Crippen LogP contribution in [0.25, 0.3) is 0 Å². The molecule has 1 aromatic heterocycles. The van der Waals surface area contributed by atoms with E-state index in [4.69, 9.17) is 17.0 Å².